The van der Waals surface area contributed by atoms with Gasteiger partial charge >= 0.3 is 0 Å². The third-order valence-electron chi connectivity index (χ3n) is 22.3. The van der Waals surface area contributed by atoms with Gasteiger partial charge in [0.25, 0.3) is 0 Å². The van der Waals surface area contributed by atoms with E-state index in [1.54, 1.807) is 0 Å². The minimum absolute atomic E-state index is 0.0570. The van der Waals surface area contributed by atoms with Crippen LogP contribution in [0.1, 0.15) is 184 Å². The SMILES string of the molecule is CCC1O[C@@H](O[C@@H]2C(CC)O[C@@H](O[C@@H]3C(CC)O[C@@H](O[C@H]4C(C)C(C)[C@@H]5OC[C@@H]4O5)C(C)[C@H]3C)C(C)[C@H]2C)C(C)C(C)[C@@H]1O[C@H]1OC(CC)[C@@H](O[C@@H]2OC(CC)[C@@H](OC3OC(CC)[C@@H](C)[C@H](C)[C@@H]3C)[C@H](C)C2C)C(C)C1C. The molecule has 2 bridgehead atoms. The second kappa shape index (κ2) is 26.6. The lowest BCUT2D eigenvalue weighted by Gasteiger charge is -2.52. The number of fused-ring (bicyclic) bond motifs is 2. The molecule has 8 heterocycles. The summed E-state index contributed by atoms with van der Waals surface area (Å²) in [6, 6.07) is 0. The van der Waals surface area contributed by atoms with Crippen molar-refractivity contribution in [3.05, 3.63) is 0 Å². The van der Waals surface area contributed by atoms with Gasteiger partial charge < -0.3 is 66.3 Å². The van der Waals surface area contributed by atoms with Crippen LogP contribution in [-0.4, -0.2) is 130 Å². The van der Waals surface area contributed by atoms with Crippen molar-refractivity contribution >= 4 is 0 Å². The van der Waals surface area contributed by atoms with E-state index in [1.165, 1.54) is 0 Å². The Kier molecular flexibility index (Phi) is 21.6. The van der Waals surface area contributed by atoms with Crippen LogP contribution in [0.2, 0.25) is 0 Å². The molecule has 8 aliphatic rings. The molecule has 0 spiro atoms. The van der Waals surface area contributed by atoms with Crippen molar-refractivity contribution in [2.24, 2.45) is 88.8 Å². The predicted octanol–water partition coefficient (Wildman–Crippen LogP) is 12.4. The summed E-state index contributed by atoms with van der Waals surface area (Å²) in [5, 5.41) is 0. The van der Waals surface area contributed by atoms with Gasteiger partial charge in [0.05, 0.1) is 79.9 Å². The van der Waals surface area contributed by atoms with Crippen molar-refractivity contribution in [1.29, 1.82) is 0 Å². The summed E-state index contributed by atoms with van der Waals surface area (Å²) in [6.07, 6.45) is 1.26. The molecule has 0 amide bonds. The first-order chi connectivity index (χ1) is 36.6. The van der Waals surface area contributed by atoms with Crippen LogP contribution >= 0.6 is 0 Å². The first-order valence-corrected chi connectivity index (χ1v) is 31.7. The zero-order valence-corrected chi connectivity index (χ0v) is 51.9. The monoisotopic (exact) mass is 1090 g/mol. The molecule has 8 saturated heterocycles. The number of hydrogen-bond acceptors (Lipinski definition) is 14. The van der Waals surface area contributed by atoms with E-state index in [0.29, 0.717) is 30.3 Å². The summed E-state index contributed by atoms with van der Waals surface area (Å²) >= 11 is 0. The molecule has 0 aromatic heterocycles. The molecule has 448 valence electrons. The van der Waals surface area contributed by atoms with E-state index in [1.807, 2.05) is 0 Å². The maximum Gasteiger partial charge on any atom is 0.161 e. The van der Waals surface area contributed by atoms with Gasteiger partial charge in [-0.2, -0.15) is 0 Å². The molecule has 14 nitrogen and oxygen atoms in total. The maximum absolute atomic E-state index is 7.18. The fourth-order valence-electron chi connectivity index (χ4n) is 14.8. The Balaban J connectivity index is 0.859. The average molecular weight is 1090 g/mol. The largest absolute Gasteiger partial charge is 0.350 e. The fraction of sp³-hybridized carbons (Fsp3) is 1.00. The molecule has 0 N–H and O–H groups in total. The Morgan fingerprint density at radius 2 is 0.481 bits per heavy atom. The quantitative estimate of drug-likeness (QED) is 0.129. The first kappa shape index (κ1) is 62.5. The van der Waals surface area contributed by atoms with Crippen LogP contribution < -0.4 is 0 Å². The molecule has 0 radical (unpaired) electrons. The topological polar surface area (TPSA) is 129 Å². The molecule has 0 aromatic carbocycles. The maximum atomic E-state index is 7.18. The molecule has 16 unspecified atom stereocenters. The van der Waals surface area contributed by atoms with Crippen LogP contribution in [0.15, 0.2) is 0 Å². The molecular weight excluding hydrogens is 981 g/mol. The Morgan fingerprint density at radius 1 is 0.247 bits per heavy atom. The van der Waals surface area contributed by atoms with E-state index in [-0.39, 0.29) is 170 Å². The van der Waals surface area contributed by atoms with E-state index < -0.39 is 18.9 Å². The molecule has 0 saturated carbocycles. The highest BCUT2D eigenvalue weighted by Gasteiger charge is 2.55. The highest BCUT2D eigenvalue weighted by Crippen LogP contribution is 2.48. The fourth-order valence-corrected chi connectivity index (χ4v) is 14.8. The van der Waals surface area contributed by atoms with Gasteiger partial charge in [-0.25, -0.2) is 0 Å². The zero-order chi connectivity index (χ0) is 56.1. The van der Waals surface area contributed by atoms with Crippen LogP contribution in [0.25, 0.3) is 0 Å². The van der Waals surface area contributed by atoms with E-state index >= 15 is 0 Å². The van der Waals surface area contributed by atoms with Crippen molar-refractivity contribution in [3.8, 4) is 0 Å². The van der Waals surface area contributed by atoms with Crippen LogP contribution in [0.5, 0.6) is 0 Å². The van der Waals surface area contributed by atoms with Gasteiger partial charge in [0.15, 0.2) is 44.0 Å². The lowest BCUT2D eigenvalue weighted by atomic mass is 9.78. The molecule has 0 aromatic rings. The first-order valence-electron chi connectivity index (χ1n) is 31.7. The van der Waals surface area contributed by atoms with Gasteiger partial charge in [-0.3, -0.25) is 0 Å². The smallest absolute Gasteiger partial charge is 0.161 e. The minimum atomic E-state index is -0.415. The summed E-state index contributed by atoms with van der Waals surface area (Å²) in [5.74, 6) is 3.11. The Bertz CT molecular complexity index is 1800. The van der Waals surface area contributed by atoms with Gasteiger partial charge in [0, 0.05) is 41.4 Å². The van der Waals surface area contributed by atoms with Crippen LogP contribution in [0, 0.1) is 88.8 Å². The molecule has 8 rings (SSSR count). The van der Waals surface area contributed by atoms with Crippen molar-refractivity contribution < 1.29 is 66.3 Å². The summed E-state index contributed by atoms with van der Waals surface area (Å²) in [4.78, 5) is 0. The Morgan fingerprint density at radius 3 is 0.753 bits per heavy atom. The van der Waals surface area contributed by atoms with Crippen molar-refractivity contribution in [2.45, 2.75) is 307 Å². The summed E-state index contributed by atoms with van der Waals surface area (Å²) in [6.45, 7) is 47.8. The lowest BCUT2D eigenvalue weighted by molar-refractivity contribution is -0.369. The van der Waals surface area contributed by atoms with E-state index in [2.05, 4.69) is 145 Å². The van der Waals surface area contributed by atoms with Crippen LogP contribution in [0.4, 0.5) is 0 Å². The second-order valence-electron chi connectivity index (χ2n) is 26.6. The molecule has 77 heavy (non-hydrogen) atoms. The number of rotatable bonds is 18. The summed E-state index contributed by atoms with van der Waals surface area (Å²) in [5.41, 5.74) is 0. The second-order valence-corrected chi connectivity index (χ2v) is 26.6. The van der Waals surface area contributed by atoms with Gasteiger partial charge in [-0.05, 0) is 85.9 Å². The standard InChI is InChI=1S/C63H112O14/c1-22-44-30(8)29(7)37(15)58(65-44)72-51-32(10)39(17)59(66-45(51)23-2)73-52-33(11)40(18)60(67-46(52)24-3)74-53-34(12)41(19)61(68-47(53)25-4)75-54-35(13)42(20)62(69-48(54)26-5)76-55-36(14)43(21)63(70-49(55)27-6)77-56-31(9)38(16)57-64-28-50(56)71-57/h29-63H,22-28H2,1-21H3/t29-,30-,31?,32+,33?,34?,35+,36+,37-,38?,39?,40?,41?,42?,43?,44?,45?,46?,47?,48?,49?,50-,51-,52-,53-,54-,55-,56-,57+,58?,59-,60+,61-,62-,63-/m0/s1. The average Bonchev–Trinajstić information content (AvgIpc) is 3.94. The normalized spacial score (nSPS) is 54.6. The Hall–Kier alpha value is -0.560. The molecular formula is C63H112O14. The summed E-state index contributed by atoms with van der Waals surface area (Å²) < 4.78 is 96.0. The van der Waals surface area contributed by atoms with Gasteiger partial charge in [0.2, 0.25) is 0 Å². The molecule has 8 fully saturated rings. The van der Waals surface area contributed by atoms with Crippen molar-refractivity contribution in [3.63, 3.8) is 0 Å². The van der Waals surface area contributed by atoms with Crippen LogP contribution in [-0.2, 0) is 66.3 Å². The molecule has 35 atom stereocenters. The molecule has 0 aliphatic carbocycles. The third-order valence-corrected chi connectivity index (χ3v) is 22.3. The summed E-state index contributed by atoms with van der Waals surface area (Å²) in [7, 11) is 0. The van der Waals surface area contributed by atoms with E-state index in [9.17, 15) is 0 Å². The van der Waals surface area contributed by atoms with E-state index in [4.69, 9.17) is 66.3 Å². The lowest BCUT2D eigenvalue weighted by Crippen LogP contribution is -2.60. The molecule has 14 heteroatoms. The van der Waals surface area contributed by atoms with Gasteiger partial charge in [-0.15, -0.1) is 0 Å². The van der Waals surface area contributed by atoms with Crippen LogP contribution in [0.3, 0.4) is 0 Å². The highest BCUT2D eigenvalue weighted by molar-refractivity contribution is 4.97. The van der Waals surface area contributed by atoms with E-state index in [0.717, 1.165) is 38.5 Å². The molecule has 8 aliphatic heterocycles. The highest BCUT2D eigenvalue weighted by atomic mass is 16.8. The number of ether oxygens (including phenoxy) is 14. The zero-order valence-electron chi connectivity index (χ0n) is 51.9. The number of hydrogen-bond donors (Lipinski definition) is 0. The van der Waals surface area contributed by atoms with Crippen molar-refractivity contribution in [2.75, 3.05) is 6.61 Å². The van der Waals surface area contributed by atoms with Crippen molar-refractivity contribution in [1.82, 2.24) is 0 Å². The van der Waals surface area contributed by atoms with Gasteiger partial charge in [-0.1, -0.05) is 145 Å². The minimum Gasteiger partial charge on any atom is -0.350 e. The Labute approximate surface area is 467 Å². The third kappa shape index (κ3) is 12.5. The predicted molar refractivity (Wildman–Crippen MR) is 295 cm³/mol. The van der Waals surface area contributed by atoms with Gasteiger partial charge in [0.1, 0.15) is 6.10 Å².